The average molecular weight is 632 g/mol. The van der Waals surface area contributed by atoms with E-state index in [1.165, 1.54) is 18.4 Å². The fourth-order valence-electron chi connectivity index (χ4n) is 3.56. The van der Waals surface area contributed by atoms with Gasteiger partial charge in [0.15, 0.2) is 0 Å². The van der Waals surface area contributed by atoms with E-state index in [4.69, 9.17) is 4.74 Å². The number of hydrogen-bond donors (Lipinski definition) is 3. The Hall–Kier alpha value is -3.03. The van der Waals surface area contributed by atoms with Crippen LogP contribution in [0.4, 0.5) is 11.4 Å². The second kappa shape index (κ2) is 27.2. The van der Waals surface area contributed by atoms with Crippen molar-refractivity contribution in [3.8, 4) is 0 Å². The highest BCUT2D eigenvalue weighted by molar-refractivity contribution is 9.08. The number of halogens is 1. The second-order valence-electron chi connectivity index (χ2n) is 8.87. The number of allylic oxidation sites excluding steroid dienone is 6. The molecule has 6 nitrogen and oxygen atoms in total. The Morgan fingerprint density at radius 3 is 2.34 bits per heavy atom. The van der Waals surface area contributed by atoms with E-state index in [0.717, 1.165) is 16.9 Å². The van der Waals surface area contributed by atoms with Gasteiger partial charge in [0.05, 0.1) is 6.61 Å². The maximum Gasteiger partial charge on any atom is 0.334 e. The zero-order valence-corrected chi connectivity index (χ0v) is 28.5. The van der Waals surface area contributed by atoms with Crippen molar-refractivity contribution < 1.29 is 9.53 Å². The van der Waals surface area contributed by atoms with Gasteiger partial charge in [0, 0.05) is 43.6 Å². The molecule has 0 aromatic heterocycles. The molecule has 0 bridgehead atoms. The molecule has 0 saturated carbocycles. The fraction of sp³-hybridized carbons (Fsp3) is 0.441. The molecule has 2 aliphatic carbocycles. The van der Waals surface area contributed by atoms with E-state index >= 15 is 0 Å². The number of carbonyl (C=O) groups is 1. The Morgan fingerprint density at radius 2 is 1.76 bits per heavy atom. The SMILES string of the molecule is C=CNC.CBr.CC.CCOC(=O)C1=CC=C(CNc2cc(C)cc(NC)c2)C=CC1.CN(C)C1C=CC=CCC1. The van der Waals surface area contributed by atoms with E-state index in [1.54, 1.807) is 6.20 Å². The van der Waals surface area contributed by atoms with Crippen molar-refractivity contribution in [2.75, 3.05) is 57.8 Å². The smallest absolute Gasteiger partial charge is 0.334 e. The number of benzene rings is 1. The molecule has 0 radical (unpaired) electrons. The number of alkyl halides is 1. The lowest BCUT2D eigenvalue weighted by molar-refractivity contribution is -0.138. The van der Waals surface area contributed by atoms with E-state index in [0.29, 0.717) is 31.2 Å². The summed E-state index contributed by atoms with van der Waals surface area (Å²) in [5.41, 5.74) is 5.17. The Bertz CT molecular complexity index is 994. The maximum absolute atomic E-state index is 11.8. The lowest BCUT2D eigenvalue weighted by atomic mass is 10.1. The van der Waals surface area contributed by atoms with Crippen LogP contribution < -0.4 is 16.0 Å². The summed E-state index contributed by atoms with van der Waals surface area (Å²) in [5.74, 6) is 1.58. The maximum atomic E-state index is 11.8. The highest BCUT2D eigenvalue weighted by Crippen LogP contribution is 2.19. The predicted molar refractivity (Wildman–Crippen MR) is 186 cm³/mol. The van der Waals surface area contributed by atoms with Gasteiger partial charge in [-0.3, -0.25) is 0 Å². The summed E-state index contributed by atoms with van der Waals surface area (Å²) in [7, 11) is 7.98. The van der Waals surface area contributed by atoms with Crippen molar-refractivity contribution in [2.45, 2.75) is 53.0 Å². The number of hydrogen-bond acceptors (Lipinski definition) is 6. The van der Waals surface area contributed by atoms with Crippen LogP contribution in [-0.4, -0.2) is 64.1 Å². The zero-order chi connectivity index (χ0) is 31.5. The molecule has 0 aliphatic heterocycles. The van der Waals surface area contributed by atoms with Crippen LogP contribution in [0.5, 0.6) is 0 Å². The number of rotatable bonds is 8. The zero-order valence-electron chi connectivity index (χ0n) is 26.9. The number of aryl methyl sites for hydroxylation is 1. The van der Waals surface area contributed by atoms with Crippen LogP contribution in [0.1, 0.15) is 45.6 Å². The molecule has 3 N–H and O–H groups in total. The molecule has 0 amide bonds. The summed E-state index contributed by atoms with van der Waals surface area (Å²) in [5, 5.41) is 9.27. The fourth-order valence-corrected chi connectivity index (χ4v) is 3.56. The van der Waals surface area contributed by atoms with Gasteiger partial charge in [0.25, 0.3) is 0 Å². The van der Waals surface area contributed by atoms with Gasteiger partial charge < -0.3 is 25.6 Å². The van der Waals surface area contributed by atoms with Crippen molar-refractivity contribution in [1.82, 2.24) is 10.2 Å². The first kappa shape index (κ1) is 40.1. The number of likely N-dealkylation sites (N-methyl/N-ethyl adjacent to an activating group) is 1. The van der Waals surface area contributed by atoms with Crippen LogP contribution in [0.3, 0.4) is 0 Å². The van der Waals surface area contributed by atoms with Crippen LogP contribution in [-0.2, 0) is 9.53 Å². The predicted octanol–water partition coefficient (Wildman–Crippen LogP) is 8.03. The molecular weight excluding hydrogens is 576 g/mol. The van der Waals surface area contributed by atoms with Gasteiger partial charge in [-0.25, -0.2) is 4.79 Å². The first-order valence-corrected chi connectivity index (χ1v) is 15.9. The standard InChI is InChI=1S/C19H24N2O2.C9H15N.C3H7N.C2H6.CH3Br/c1-4-23-19(22)16-7-5-6-15(8-9-16)13-21-18-11-14(2)10-17(12-18)20-3;1-10(2)9-7-5-3-4-6-8-9;1-3-4-2;2*1-2/h5-6,8-12,20-21H,4,7,13H2,1-3H3;3-5,7,9H,6,8H2,1-2H3;3-4H,1H2,2H3;1-2H3;1H3. The molecule has 0 saturated heterocycles. The van der Waals surface area contributed by atoms with Gasteiger partial charge >= 0.3 is 5.97 Å². The van der Waals surface area contributed by atoms with E-state index in [-0.39, 0.29) is 5.97 Å². The van der Waals surface area contributed by atoms with Crippen molar-refractivity contribution in [3.05, 3.63) is 96.3 Å². The van der Waals surface area contributed by atoms with Gasteiger partial charge in [-0.1, -0.05) is 85.0 Å². The van der Waals surface area contributed by atoms with Gasteiger partial charge in [-0.05, 0) is 88.6 Å². The highest BCUT2D eigenvalue weighted by atomic mass is 79.9. The first-order valence-electron chi connectivity index (χ1n) is 14.3. The number of anilines is 2. The van der Waals surface area contributed by atoms with E-state index in [1.807, 2.05) is 65.0 Å². The molecule has 0 fully saturated rings. The summed E-state index contributed by atoms with van der Waals surface area (Å²) in [6.45, 7) is 12.4. The first-order chi connectivity index (χ1) is 19.8. The third kappa shape index (κ3) is 19.6. The largest absolute Gasteiger partial charge is 0.463 e. The van der Waals surface area contributed by atoms with E-state index in [9.17, 15) is 4.79 Å². The molecular formula is C34H55BrN4O2. The summed E-state index contributed by atoms with van der Waals surface area (Å²) in [6.07, 6.45) is 21.3. The quantitative estimate of drug-likeness (QED) is 0.200. The summed E-state index contributed by atoms with van der Waals surface area (Å²) in [4.78, 5) is 14.0. The van der Waals surface area contributed by atoms with Crippen LogP contribution in [0.15, 0.2) is 90.7 Å². The van der Waals surface area contributed by atoms with Crippen LogP contribution in [0, 0.1) is 6.92 Å². The minimum absolute atomic E-state index is 0.236. The number of esters is 1. The minimum atomic E-state index is -0.236. The van der Waals surface area contributed by atoms with Gasteiger partial charge in [-0.2, -0.15) is 0 Å². The lowest BCUT2D eigenvalue weighted by Crippen LogP contribution is -2.25. The molecule has 41 heavy (non-hydrogen) atoms. The molecule has 7 heteroatoms. The molecule has 230 valence electrons. The van der Waals surface area contributed by atoms with Gasteiger partial charge in [0.2, 0.25) is 0 Å². The topological polar surface area (TPSA) is 65.6 Å². The molecule has 3 rings (SSSR count). The van der Waals surface area contributed by atoms with Crippen LogP contribution in [0.2, 0.25) is 0 Å². The summed E-state index contributed by atoms with van der Waals surface area (Å²) < 4.78 is 5.05. The van der Waals surface area contributed by atoms with Crippen molar-refractivity contribution in [3.63, 3.8) is 0 Å². The molecule has 0 heterocycles. The van der Waals surface area contributed by atoms with Crippen molar-refractivity contribution in [2.24, 2.45) is 0 Å². The average Bonchev–Trinajstić information content (AvgIpc) is 3.42. The Kier molecular flexibility index (Phi) is 26.6. The number of ether oxygens (including phenoxy) is 1. The Morgan fingerprint density at radius 1 is 1.10 bits per heavy atom. The van der Waals surface area contributed by atoms with Gasteiger partial charge in [-0.15, -0.1) is 0 Å². The third-order valence-electron chi connectivity index (χ3n) is 5.65. The number of carbonyl (C=O) groups excluding carboxylic acids is 1. The Labute approximate surface area is 259 Å². The second-order valence-corrected chi connectivity index (χ2v) is 8.87. The molecule has 2 aliphatic rings. The van der Waals surface area contributed by atoms with Crippen molar-refractivity contribution in [1.29, 1.82) is 0 Å². The van der Waals surface area contributed by atoms with Gasteiger partial charge in [0.1, 0.15) is 0 Å². The normalized spacial score (nSPS) is 14.7. The van der Waals surface area contributed by atoms with Crippen molar-refractivity contribution >= 4 is 33.3 Å². The molecule has 0 spiro atoms. The third-order valence-corrected chi connectivity index (χ3v) is 5.65. The van der Waals surface area contributed by atoms with Crippen LogP contribution in [0.25, 0.3) is 0 Å². The highest BCUT2D eigenvalue weighted by Gasteiger charge is 2.10. The van der Waals surface area contributed by atoms with E-state index < -0.39 is 0 Å². The number of nitrogens with zero attached hydrogens (tertiary/aromatic N) is 1. The molecule has 1 unspecified atom stereocenters. The summed E-state index contributed by atoms with van der Waals surface area (Å²) >= 11 is 2.94. The van der Waals surface area contributed by atoms with E-state index in [2.05, 4.69) is 107 Å². The monoisotopic (exact) mass is 630 g/mol. The minimum Gasteiger partial charge on any atom is -0.463 e. The van der Waals surface area contributed by atoms with Crippen LogP contribution >= 0.6 is 15.9 Å². The summed E-state index contributed by atoms with van der Waals surface area (Å²) in [6, 6.07) is 6.93. The molecule has 1 aromatic carbocycles. The molecule has 1 aromatic rings. The lowest BCUT2D eigenvalue weighted by Gasteiger charge is -2.18. The molecule has 1 atom stereocenters. The number of nitrogens with one attached hydrogen (secondary N) is 3. The Balaban J connectivity index is 0.